The molecule has 118 valence electrons. The predicted octanol–water partition coefficient (Wildman–Crippen LogP) is 3.36. The van der Waals surface area contributed by atoms with E-state index in [2.05, 4.69) is 5.10 Å². The zero-order chi connectivity index (χ0) is 16.8. The first kappa shape index (κ1) is 15.7. The van der Waals surface area contributed by atoms with Crippen molar-refractivity contribution >= 4 is 5.69 Å². The maximum atomic E-state index is 13.6. The van der Waals surface area contributed by atoms with Gasteiger partial charge in [0, 0.05) is 0 Å². The summed E-state index contributed by atoms with van der Waals surface area (Å²) in [6, 6.07) is 0. The molecule has 0 amide bonds. The lowest BCUT2D eigenvalue weighted by Gasteiger charge is -2.13. The van der Waals surface area contributed by atoms with Gasteiger partial charge in [0.2, 0.25) is 0 Å². The van der Waals surface area contributed by atoms with Gasteiger partial charge < -0.3 is 0 Å². The van der Waals surface area contributed by atoms with E-state index in [-0.39, 0.29) is 4.68 Å². The number of halogens is 7. The Bertz CT molecular complexity index is 740. The lowest BCUT2D eigenvalue weighted by Crippen LogP contribution is -2.18. The molecule has 0 N–H and O–H groups in total. The number of rotatable bonds is 2. The minimum Gasteiger partial charge on any atom is -0.258 e. The number of hydrogen-bond donors (Lipinski definition) is 0. The van der Waals surface area contributed by atoms with E-state index in [9.17, 15) is 40.8 Å². The van der Waals surface area contributed by atoms with E-state index in [0.29, 0.717) is 12.4 Å². The minimum absolute atomic E-state index is 0.0229. The van der Waals surface area contributed by atoms with Gasteiger partial charge in [0.15, 0.2) is 23.3 Å². The van der Waals surface area contributed by atoms with Crippen LogP contribution in [0.15, 0.2) is 12.4 Å². The molecule has 1 aromatic carbocycles. The van der Waals surface area contributed by atoms with Crippen molar-refractivity contribution in [3.8, 4) is 5.69 Å². The summed E-state index contributed by atoms with van der Waals surface area (Å²) in [5, 5.41) is 13.5. The monoisotopic (exact) mass is 329 g/mol. The van der Waals surface area contributed by atoms with Crippen LogP contribution in [0.1, 0.15) is 5.56 Å². The Morgan fingerprint density at radius 1 is 1.05 bits per heavy atom. The fraction of sp³-hybridized carbons (Fsp3) is 0.100. The summed E-state index contributed by atoms with van der Waals surface area (Å²) < 4.78 is 91.2. The second-order valence-electron chi connectivity index (χ2n) is 3.88. The zero-order valence-corrected chi connectivity index (χ0v) is 9.96. The molecule has 0 saturated heterocycles. The van der Waals surface area contributed by atoms with Gasteiger partial charge in [-0.2, -0.15) is 18.3 Å². The Morgan fingerprint density at radius 2 is 1.55 bits per heavy atom. The number of aromatic nitrogens is 2. The summed E-state index contributed by atoms with van der Waals surface area (Å²) in [5.41, 5.74) is -5.18. The molecular formula is C10H2F7N3O2. The van der Waals surface area contributed by atoms with Crippen LogP contribution in [0.2, 0.25) is 0 Å². The number of alkyl halides is 3. The van der Waals surface area contributed by atoms with Crippen molar-refractivity contribution in [2.75, 3.05) is 0 Å². The van der Waals surface area contributed by atoms with Crippen LogP contribution in [0.3, 0.4) is 0 Å². The van der Waals surface area contributed by atoms with Crippen LogP contribution in [0.4, 0.5) is 36.4 Å². The summed E-state index contributed by atoms with van der Waals surface area (Å²) in [5.74, 6) is -10.1. The molecule has 0 radical (unpaired) electrons. The fourth-order valence-electron chi connectivity index (χ4n) is 1.60. The average Bonchev–Trinajstić information content (AvgIpc) is 2.85. The number of nitro groups is 1. The second-order valence-corrected chi connectivity index (χ2v) is 3.88. The van der Waals surface area contributed by atoms with Crippen LogP contribution >= 0.6 is 0 Å². The van der Waals surface area contributed by atoms with Gasteiger partial charge in [-0.1, -0.05) is 0 Å². The van der Waals surface area contributed by atoms with Crippen molar-refractivity contribution in [2.45, 2.75) is 6.18 Å². The third-order valence-corrected chi connectivity index (χ3v) is 2.53. The van der Waals surface area contributed by atoms with Crippen LogP contribution in [-0.2, 0) is 6.18 Å². The molecule has 0 atom stereocenters. The molecule has 0 aliphatic rings. The standard InChI is InChI=1S/C10H2F7N3O2/c11-5-4(10(15,16)17)6(12)8(14)9(7(5)13)19-2-3(1-18-19)20(21)22/h1-2H. The molecule has 0 saturated carbocycles. The summed E-state index contributed by atoms with van der Waals surface area (Å²) in [4.78, 5) is 9.37. The highest BCUT2D eigenvalue weighted by Gasteiger charge is 2.42. The molecule has 12 heteroatoms. The molecule has 0 bridgehead atoms. The van der Waals surface area contributed by atoms with Crippen molar-refractivity contribution in [1.29, 1.82) is 0 Å². The summed E-state index contributed by atoms with van der Waals surface area (Å²) in [6.07, 6.45) is -4.80. The first-order valence-corrected chi connectivity index (χ1v) is 5.18. The quantitative estimate of drug-likeness (QED) is 0.367. The Morgan fingerprint density at radius 3 is 1.91 bits per heavy atom. The van der Waals surface area contributed by atoms with Gasteiger partial charge in [0.05, 0.1) is 4.92 Å². The van der Waals surface area contributed by atoms with Crippen LogP contribution in [0, 0.1) is 33.4 Å². The minimum atomic E-state index is -5.68. The van der Waals surface area contributed by atoms with Gasteiger partial charge in [-0.25, -0.2) is 22.2 Å². The number of hydrogen-bond acceptors (Lipinski definition) is 3. The fourth-order valence-corrected chi connectivity index (χ4v) is 1.60. The molecule has 0 aliphatic heterocycles. The van der Waals surface area contributed by atoms with Crippen LogP contribution in [0.25, 0.3) is 5.69 Å². The SMILES string of the molecule is O=[N+]([O-])c1cnn(-c2c(F)c(F)c(C(F)(F)F)c(F)c2F)c1. The van der Waals surface area contributed by atoms with Crippen molar-refractivity contribution < 1.29 is 35.7 Å². The summed E-state index contributed by atoms with van der Waals surface area (Å²) >= 11 is 0. The van der Waals surface area contributed by atoms with E-state index in [1.807, 2.05) is 0 Å². The molecule has 0 unspecified atom stereocenters. The van der Waals surface area contributed by atoms with E-state index in [4.69, 9.17) is 0 Å². The topological polar surface area (TPSA) is 61.0 Å². The van der Waals surface area contributed by atoms with Gasteiger partial charge in [-0.3, -0.25) is 10.1 Å². The average molecular weight is 329 g/mol. The summed E-state index contributed by atoms with van der Waals surface area (Å²) in [6.45, 7) is 0. The van der Waals surface area contributed by atoms with E-state index >= 15 is 0 Å². The highest BCUT2D eigenvalue weighted by molar-refractivity contribution is 5.42. The van der Waals surface area contributed by atoms with Gasteiger partial charge in [0.1, 0.15) is 23.6 Å². The van der Waals surface area contributed by atoms with Crippen LogP contribution < -0.4 is 0 Å². The van der Waals surface area contributed by atoms with E-state index in [0.717, 1.165) is 0 Å². The molecular weight excluding hydrogens is 327 g/mol. The largest absolute Gasteiger partial charge is 0.422 e. The van der Waals surface area contributed by atoms with Gasteiger partial charge in [0.25, 0.3) is 0 Å². The third-order valence-electron chi connectivity index (χ3n) is 2.53. The van der Waals surface area contributed by atoms with Gasteiger partial charge >= 0.3 is 11.9 Å². The Balaban J connectivity index is 2.76. The van der Waals surface area contributed by atoms with Crippen LogP contribution in [-0.4, -0.2) is 14.7 Å². The molecule has 0 aliphatic carbocycles. The molecule has 1 heterocycles. The Hall–Kier alpha value is -2.66. The van der Waals surface area contributed by atoms with E-state index < -0.39 is 51.3 Å². The highest BCUT2D eigenvalue weighted by atomic mass is 19.4. The van der Waals surface area contributed by atoms with E-state index in [1.165, 1.54) is 0 Å². The third kappa shape index (κ3) is 2.35. The predicted molar refractivity (Wildman–Crippen MR) is 55.1 cm³/mol. The van der Waals surface area contributed by atoms with Crippen molar-refractivity contribution in [3.63, 3.8) is 0 Å². The molecule has 5 nitrogen and oxygen atoms in total. The first-order valence-electron chi connectivity index (χ1n) is 5.18. The smallest absolute Gasteiger partial charge is 0.258 e. The normalized spacial score (nSPS) is 11.8. The van der Waals surface area contributed by atoms with Gasteiger partial charge in [-0.15, -0.1) is 0 Å². The zero-order valence-electron chi connectivity index (χ0n) is 9.96. The second kappa shape index (κ2) is 4.96. The lowest BCUT2D eigenvalue weighted by atomic mass is 10.1. The maximum absolute atomic E-state index is 13.6. The Labute approximate surface area is 115 Å². The molecule has 0 fully saturated rings. The Kier molecular flexibility index (Phi) is 3.55. The van der Waals surface area contributed by atoms with Crippen molar-refractivity contribution in [3.05, 3.63) is 51.3 Å². The van der Waals surface area contributed by atoms with Crippen molar-refractivity contribution in [2.24, 2.45) is 0 Å². The summed E-state index contributed by atoms with van der Waals surface area (Å²) in [7, 11) is 0. The molecule has 0 spiro atoms. The van der Waals surface area contributed by atoms with Crippen molar-refractivity contribution in [1.82, 2.24) is 9.78 Å². The molecule has 1 aromatic heterocycles. The maximum Gasteiger partial charge on any atom is 0.422 e. The van der Waals surface area contributed by atoms with Gasteiger partial charge in [-0.05, 0) is 0 Å². The number of nitrogens with zero attached hydrogens (tertiary/aromatic N) is 3. The van der Waals surface area contributed by atoms with E-state index in [1.54, 1.807) is 0 Å². The van der Waals surface area contributed by atoms with Crippen LogP contribution in [0.5, 0.6) is 0 Å². The number of benzene rings is 1. The molecule has 22 heavy (non-hydrogen) atoms. The molecule has 2 aromatic rings. The lowest BCUT2D eigenvalue weighted by molar-refractivity contribution is -0.384. The first-order chi connectivity index (χ1) is 10.1. The molecule has 2 rings (SSSR count). The highest BCUT2D eigenvalue weighted by Crippen LogP contribution is 2.37.